The third kappa shape index (κ3) is 2.96. The summed E-state index contributed by atoms with van der Waals surface area (Å²) < 4.78 is 10.2. The van der Waals surface area contributed by atoms with Crippen LogP contribution in [0.25, 0.3) is 10.9 Å². The van der Waals surface area contributed by atoms with Crippen LogP contribution in [0.3, 0.4) is 0 Å². The summed E-state index contributed by atoms with van der Waals surface area (Å²) in [6.07, 6.45) is 5.57. The lowest BCUT2D eigenvalue weighted by atomic mass is 9.78. The Bertz CT molecular complexity index is 925. The van der Waals surface area contributed by atoms with Gasteiger partial charge in [0, 0.05) is 35.6 Å². The molecule has 142 valence electrons. The van der Waals surface area contributed by atoms with Gasteiger partial charge in [-0.05, 0) is 31.4 Å². The van der Waals surface area contributed by atoms with E-state index in [1.807, 2.05) is 6.92 Å². The normalized spacial score (nSPS) is 24.6. The second-order valence-electron chi connectivity index (χ2n) is 7.25. The minimum absolute atomic E-state index is 0.000937. The molecule has 0 aliphatic carbocycles. The summed E-state index contributed by atoms with van der Waals surface area (Å²) in [4.78, 5) is 18.6. The van der Waals surface area contributed by atoms with Gasteiger partial charge in [0.1, 0.15) is 0 Å². The Morgan fingerprint density at radius 3 is 2.85 bits per heavy atom. The number of methoxy groups -OCH3 is 2. The van der Waals surface area contributed by atoms with Gasteiger partial charge in [-0.3, -0.25) is 4.90 Å². The fraction of sp³-hybridized carbons (Fsp3) is 0.409. The van der Waals surface area contributed by atoms with Crippen LogP contribution in [0, 0.1) is 5.92 Å². The summed E-state index contributed by atoms with van der Waals surface area (Å²) >= 11 is 0. The van der Waals surface area contributed by atoms with E-state index in [0.29, 0.717) is 5.57 Å². The first kappa shape index (κ1) is 17.9. The Morgan fingerprint density at radius 2 is 2.11 bits per heavy atom. The molecule has 2 unspecified atom stereocenters. The molecule has 2 aromatic rings. The molecule has 1 fully saturated rings. The molecule has 0 amide bonds. The maximum atomic E-state index is 12.4. The third-order valence-electron chi connectivity index (χ3n) is 5.97. The molecule has 1 aromatic heterocycles. The maximum absolute atomic E-state index is 12.4. The molecule has 2 aliphatic rings. The number of nitrogens with one attached hydrogen (secondary N) is 1. The average Bonchev–Trinajstić information content (AvgIpc) is 3.09. The van der Waals surface area contributed by atoms with Gasteiger partial charge in [0.05, 0.1) is 32.1 Å². The molecule has 1 saturated heterocycles. The van der Waals surface area contributed by atoms with Crippen LogP contribution in [0.2, 0.25) is 0 Å². The van der Waals surface area contributed by atoms with Gasteiger partial charge in [0.25, 0.3) is 0 Å². The first-order valence-electron chi connectivity index (χ1n) is 9.47. The SMILES string of the molecule is C/C=C1/CN2CCc3c([nH]c4ccccc34)C2CC1/C(=C/OC)C(=O)OC. The van der Waals surface area contributed by atoms with Crippen molar-refractivity contribution in [2.45, 2.75) is 25.8 Å². The van der Waals surface area contributed by atoms with Crippen LogP contribution < -0.4 is 0 Å². The van der Waals surface area contributed by atoms with Crippen LogP contribution in [-0.4, -0.2) is 43.2 Å². The van der Waals surface area contributed by atoms with E-state index in [-0.39, 0.29) is 17.9 Å². The Morgan fingerprint density at radius 1 is 1.30 bits per heavy atom. The summed E-state index contributed by atoms with van der Waals surface area (Å²) in [7, 11) is 3.00. The minimum atomic E-state index is -0.317. The Hall–Kier alpha value is -2.53. The van der Waals surface area contributed by atoms with Gasteiger partial charge >= 0.3 is 5.97 Å². The van der Waals surface area contributed by atoms with Crippen molar-refractivity contribution in [2.24, 2.45) is 5.92 Å². The number of H-pyrrole nitrogens is 1. The zero-order valence-electron chi connectivity index (χ0n) is 16.1. The molecule has 0 radical (unpaired) electrons. The second kappa shape index (κ2) is 7.24. The van der Waals surface area contributed by atoms with Gasteiger partial charge < -0.3 is 14.5 Å². The first-order valence-corrected chi connectivity index (χ1v) is 9.47. The number of para-hydroxylation sites is 1. The molecular formula is C22H26N2O3. The van der Waals surface area contributed by atoms with Crippen molar-refractivity contribution < 1.29 is 14.3 Å². The molecule has 2 aliphatic heterocycles. The second-order valence-corrected chi connectivity index (χ2v) is 7.25. The van der Waals surface area contributed by atoms with Crippen LogP contribution in [-0.2, 0) is 20.7 Å². The number of aromatic nitrogens is 1. The number of carbonyl (C=O) groups is 1. The van der Waals surface area contributed by atoms with Gasteiger partial charge in [-0.15, -0.1) is 0 Å². The molecule has 0 saturated carbocycles. The van der Waals surface area contributed by atoms with Crippen LogP contribution in [0.1, 0.15) is 30.6 Å². The largest absolute Gasteiger partial charge is 0.504 e. The molecule has 5 heteroatoms. The predicted octanol–water partition coefficient (Wildman–Crippen LogP) is 3.74. The molecule has 1 aromatic carbocycles. The highest BCUT2D eigenvalue weighted by molar-refractivity contribution is 5.89. The highest BCUT2D eigenvalue weighted by atomic mass is 16.5. The van der Waals surface area contributed by atoms with Crippen LogP contribution >= 0.6 is 0 Å². The highest BCUT2D eigenvalue weighted by Gasteiger charge is 2.40. The number of esters is 1. The van der Waals surface area contributed by atoms with Crippen molar-refractivity contribution in [2.75, 3.05) is 27.3 Å². The van der Waals surface area contributed by atoms with Crippen molar-refractivity contribution in [3.05, 3.63) is 59.0 Å². The number of piperidine rings is 1. The summed E-state index contributed by atoms with van der Waals surface area (Å²) in [6, 6.07) is 8.77. The zero-order chi connectivity index (χ0) is 19.0. The number of fused-ring (bicyclic) bond motifs is 5. The molecule has 2 atom stereocenters. The van der Waals surface area contributed by atoms with Crippen molar-refractivity contribution in [3.63, 3.8) is 0 Å². The van der Waals surface area contributed by atoms with E-state index in [0.717, 1.165) is 25.9 Å². The van der Waals surface area contributed by atoms with Crippen molar-refractivity contribution in [3.8, 4) is 0 Å². The summed E-state index contributed by atoms with van der Waals surface area (Å²) in [6.45, 7) is 3.94. The number of aromatic amines is 1. The number of nitrogens with zero attached hydrogens (tertiary/aromatic N) is 1. The lowest BCUT2D eigenvalue weighted by Crippen LogP contribution is -2.43. The Labute approximate surface area is 159 Å². The number of rotatable bonds is 3. The number of carbonyl (C=O) groups excluding carboxylic acids is 1. The van der Waals surface area contributed by atoms with Crippen LogP contribution in [0.15, 0.2) is 47.7 Å². The molecule has 4 rings (SSSR count). The van der Waals surface area contributed by atoms with Crippen LogP contribution in [0.5, 0.6) is 0 Å². The third-order valence-corrected chi connectivity index (χ3v) is 5.97. The van der Waals surface area contributed by atoms with E-state index in [4.69, 9.17) is 9.47 Å². The lowest BCUT2D eigenvalue weighted by molar-refractivity contribution is -0.137. The number of benzene rings is 1. The summed E-state index contributed by atoms with van der Waals surface area (Å²) in [5, 5.41) is 1.32. The zero-order valence-corrected chi connectivity index (χ0v) is 16.1. The van der Waals surface area contributed by atoms with Crippen molar-refractivity contribution in [1.29, 1.82) is 0 Å². The van der Waals surface area contributed by atoms with Gasteiger partial charge in [0.15, 0.2) is 0 Å². The smallest absolute Gasteiger partial charge is 0.337 e. The fourth-order valence-corrected chi connectivity index (χ4v) is 4.68. The number of hydrogen-bond acceptors (Lipinski definition) is 4. The standard InChI is InChI=1S/C22H26N2O3/c1-4-14-12-24-10-9-16-15-7-5-6-8-19(15)23-21(16)20(24)11-17(14)18(13-26-2)22(25)27-3/h4-8,13,17,20,23H,9-12H2,1-3H3/b14-4-,18-13-. The number of ether oxygens (including phenoxy) is 2. The number of hydrogen-bond donors (Lipinski definition) is 1. The van der Waals surface area contributed by atoms with E-state index < -0.39 is 0 Å². The average molecular weight is 366 g/mol. The molecule has 0 bridgehead atoms. The van der Waals surface area contributed by atoms with Crippen molar-refractivity contribution >= 4 is 16.9 Å². The van der Waals surface area contributed by atoms with E-state index in [2.05, 4.69) is 40.2 Å². The lowest BCUT2D eigenvalue weighted by Gasteiger charge is -2.44. The molecule has 27 heavy (non-hydrogen) atoms. The summed E-state index contributed by atoms with van der Waals surface area (Å²) in [5.74, 6) is -0.316. The highest BCUT2D eigenvalue weighted by Crippen LogP contribution is 2.44. The summed E-state index contributed by atoms with van der Waals surface area (Å²) in [5.41, 5.74) is 5.75. The fourth-order valence-electron chi connectivity index (χ4n) is 4.68. The minimum Gasteiger partial charge on any atom is -0.504 e. The van der Waals surface area contributed by atoms with Crippen LogP contribution in [0.4, 0.5) is 0 Å². The maximum Gasteiger partial charge on any atom is 0.337 e. The van der Waals surface area contributed by atoms with Gasteiger partial charge in [0.2, 0.25) is 0 Å². The topological polar surface area (TPSA) is 54.6 Å². The molecule has 0 spiro atoms. The quantitative estimate of drug-likeness (QED) is 0.389. The van der Waals surface area contributed by atoms with E-state index in [1.54, 1.807) is 13.4 Å². The van der Waals surface area contributed by atoms with E-state index in [1.165, 1.54) is 34.8 Å². The molecule has 1 N–H and O–H groups in total. The van der Waals surface area contributed by atoms with E-state index >= 15 is 0 Å². The molecular weight excluding hydrogens is 340 g/mol. The number of allylic oxidation sites excluding steroid dienone is 1. The van der Waals surface area contributed by atoms with Gasteiger partial charge in [-0.2, -0.15) is 0 Å². The first-order chi connectivity index (χ1) is 13.2. The Kier molecular flexibility index (Phi) is 4.79. The predicted molar refractivity (Wildman–Crippen MR) is 105 cm³/mol. The monoisotopic (exact) mass is 366 g/mol. The molecule has 3 heterocycles. The molecule has 5 nitrogen and oxygen atoms in total. The van der Waals surface area contributed by atoms with E-state index in [9.17, 15) is 4.79 Å². The Balaban J connectivity index is 1.75. The van der Waals surface area contributed by atoms with Crippen molar-refractivity contribution in [1.82, 2.24) is 9.88 Å². The van der Waals surface area contributed by atoms with Gasteiger partial charge in [-0.25, -0.2) is 4.79 Å². The van der Waals surface area contributed by atoms with Gasteiger partial charge in [-0.1, -0.05) is 29.8 Å².